The number of hydrogen-bond donors (Lipinski definition) is 0. The maximum Gasteiger partial charge on any atom is 0.162 e. The molecule has 9 aromatic rings. The summed E-state index contributed by atoms with van der Waals surface area (Å²) in [5, 5.41) is 4.39. The molecule has 0 amide bonds. The fourth-order valence-electron chi connectivity index (χ4n) is 9.35. The van der Waals surface area contributed by atoms with Crippen molar-refractivity contribution in [1.29, 1.82) is 0 Å². The van der Waals surface area contributed by atoms with Crippen LogP contribution in [0.4, 0.5) is 0 Å². The van der Waals surface area contributed by atoms with E-state index in [1.807, 2.05) is 6.07 Å². The fraction of sp³-hybridized carbons (Fsp3) is 0.170. The van der Waals surface area contributed by atoms with Crippen LogP contribution < -0.4 is 0 Å². The zero-order chi connectivity index (χ0) is 39.8. The minimum Gasteiger partial charge on any atom is -0.455 e. The van der Waals surface area contributed by atoms with Gasteiger partial charge in [0.25, 0.3) is 0 Å². The summed E-state index contributed by atoms with van der Waals surface area (Å²) in [6, 6.07) is 51.8. The molecule has 0 bridgehead atoms. The van der Waals surface area contributed by atoms with Crippen molar-refractivity contribution < 1.29 is 4.42 Å². The maximum atomic E-state index is 6.86. The number of aromatic nitrogens is 3. The standard InChI is InChI=1S/C53H45N5O/c1-53(56(2)3,57(4)33-34-16-7-5-8-17-34)40-21-15-20-37(30-40)43-31-44-41-22-12-14-25-47(41)59-51(44)49-42-23-11-13-24-46(42)58(50(43)49)48-32-45(38-27-26-36-28-39(36)29-38)54-52(55-48)35-18-9-6-10-19-35/h5-27,29-32,36,39H,28,33H2,1-4H3. The van der Waals surface area contributed by atoms with Crippen LogP contribution in [-0.2, 0) is 12.2 Å². The van der Waals surface area contributed by atoms with Gasteiger partial charge in [-0.05, 0) is 92.9 Å². The van der Waals surface area contributed by atoms with E-state index in [4.69, 9.17) is 14.4 Å². The highest BCUT2D eigenvalue weighted by Crippen LogP contribution is 2.48. The lowest BCUT2D eigenvalue weighted by Crippen LogP contribution is -2.51. The molecule has 0 saturated heterocycles. The van der Waals surface area contributed by atoms with Gasteiger partial charge in [0.1, 0.15) is 17.0 Å². The molecular weight excluding hydrogens is 723 g/mol. The van der Waals surface area contributed by atoms with Crippen molar-refractivity contribution in [2.24, 2.45) is 11.8 Å². The van der Waals surface area contributed by atoms with Gasteiger partial charge in [-0.25, -0.2) is 9.97 Å². The molecule has 11 rings (SSSR count). The molecule has 3 unspecified atom stereocenters. The topological polar surface area (TPSA) is 50.3 Å². The summed E-state index contributed by atoms with van der Waals surface area (Å²) in [5.41, 5.74) is 11.2. The molecule has 3 aromatic heterocycles. The Morgan fingerprint density at radius 1 is 0.712 bits per heavy atom. The van der Waals surface area contributed by atoms with Crippen LogP contribution in [0.2, 0.25) is 0 Å². The third-order valence-corrected chi connectivity index (χ3v) is 13.0. The van der Waals surface area contributed by atoms with Crippen molar-refractivity contribution in [3.63, 3.8) is 0 Å². The predicted molar refractivity (Wildman–Crippen MR) is 242 cm³/mol. The van der Waals surface area contributed by atoms with Gasteiger partial charge < -0.3 is 4.42 Å². The molecule has 3 heterocycles. The number of allylic oxidation sites excluding steroid dienone is 4. The van der Waals surface area contributed by atoms with E-state index in [1.165, 1.54) is 17.5 Å². The summed E-state index contributed by atoms with van der Waals surface area (Å²) < 4.78 is 9.22. The van der Waals surface area contributed by atoms with Gasteiger partial charge >= 0.3 is 0 Å². The average Bonchev–Trinajstić information content (AvgIpc) is 3.85. The Hall–Kier alpha value is -6.60. The highest BCUT2D eigenvalue weighted by atomic mass is 16.3. The van der Waals surface area contributed by atoms with Crippen molar-refractivity contribution in [2.75, 3.05) is 21.1 Å². The van der Waals surface area contributed by atoms with E-state index in [2.05, 4.69) is 200 Å². The molecule has 2 aliphatic rings. The second kappa shape index (κ2) is 13.8. The molecule has 2 aliphatic carbocycles. The van der Waals surface area contributed by atoms with E-state index in [0.29, 0.717) is 17.7 Å². The van der Waals surface area contributed by atoms with E-state index in [1.54, 1.807) is 0 Å². The first-order chi connectivity index (χ1) is 28.8. The Kier molecular flexibility index (Phi) is 8.29. The number of furan rings is 1. The van der Waals surface area contributed by atoms with Crippen LogP contribution in [0, 0.1) is 11.8 Å². The Bertz CT molecular complexity index is 3140. The fourth-order valence-corrected chi connectivity index (χ4v) is 9.35. The van der Waals surface area contributed by atoms with Gasteiger partial charge in [0.15, 0.2) is 5.82 Å². The lowest BCUT2D eigenvalue weighted by Gasteiger charge is -2.45. The molecule has 0 aliphatic heterocycles. The quantitative estimate of drug-likeness (QED) is 0.137. The molecule has 6 aromatic carbocycles. The molecule has 0 N–H and O–H groups in total. The van der Waals surface area contributed by atoms with E-state index >= 15 is 0 Å². The van der Waals surface area contributed by atoms with E-state index < -0.39 is 5.66 Å². The second-order valence-electron chi connectivity index (χ2n) is 16.7. The first kappa shape index (κ1) is 35.6. The first-order valence-electron chi connectivity index (χ1n) is 20.6. The summed E-state index contributed by atoms with van der Waals surface area (Å²) in [7, 11) is 6.56. The maximum absolute atomic E-state index is 6.86. The minimum atomic E-state index is -0.419. The molecule has 59 heavy (non-hydrogen) atoms. The smallest absolute Gasteiger partial charge is 0.162 e. The van der Waals surface area contributed by atoms with Gasteiger partial charge in [0.05, 0.1) is 27.8 Å². The zero-order valence-corrected chi connectivity index (χ0v) is 33.8. The van der Waals surface area contributed by atoms with Crippen molar-refractivity contribution >= 4 is 49.3 Å². The van der Waals surface area contributed by atoms with Crippen LogP contribution in [0.25, 0.3) is 77.7 Å². The van der Waals surface area contributed by atoms with Crippen molar-refractivity contribution in [3.8, 4) is 28.3 Å². The number of benzene rings is 6. The third kappa shape index (κ3) is 5.85. The normalized spacial score (nSPS) is 17.3. The largest absolute Gasteiger partial charge is 0.455 e. The van der Waals surface area contributed by atoms with E-state index in [-0.39, 0.29) is 0 Å². The number of hydrogen-bond acceptors (Lipinski definition) is 5. The number of rotatable bonds is 9. The van der Waals surface area contributed by atoms with Crippen LogP contribution in [-0.4, -0.2) is 45.5 Å². The van der Waals surface area contributed by atoms with Crippen molar-refractivity contribution in [1.82, 2.24) is 24.3 Å². The third-order valence-electron chi connectivity index (χ3n) is 13.0. The summed E-state index contributed by atoms with van der Waals surface area (Å²) in [6.07, 6.45) is 8.23. The van der Waals surface area contributed by atoms with Gasteiger partial charge in [-0.2, -0.15) is 0 Å². The Morgan fingerprint density at radius 2 is 1.44 bits per heavy atom. The minimum absolute atomic E-state index is 0.419. The van der Waals surface area contributed by atoms with E-state index in [9.17, 15) is 0 Å². The SMILES string of the molecule is CN(C)C(C)(c1cccc(-c2cc3c4ccccc4oc3c3c4ccccc4n(-c4cc(C5=CC6CC6C=C5)nc(-c5ccccc5)n4)c23)c1)N(C)Cc1ccccc1. The van der Waals surface area contributed by atoms with Gasteiger partial charge in [-0.15, -0.1) is 0 Å². The van der Waals surface area contributed by atoms with Crippen molar-refractivity contribution in [2.45, 2.75) is 25.6 Å². The van der Waals surface area contributed by atoms with Crippen molar-refractivity contribution in [3.05, 3.63) is 181 Å². The number of para-hydroxylation sites is 2. The van der Waals surface area contributed by atoms with Gasteiger partial charge in [0.2, 0.25) is 0 Å². The lowest BCUT2D eigenvalue weighted by molar-refractivity contribution is -0.00796. The van der Waals surface area contributed by atoms with Crippen LogP contribution in [0.3, 0.4) is 0 Å². The highest BCUT2D eigenvalue weighted by Gasteiger charge is 2.36. The highest BCUT2D eigenvalue weighted by molar-refractivity contribution is 6.27. The van der Waals surface area contributed by atoms with Crippen LogP contribution >= 0.6 is 0 Å². The summed E-state index contributed by atoms with van der Waals surface area (Å²) in [5.74, 6) is 2.76. The van der Waals surface area contributed by atoms with Gasteiger partial charge in [-0.1, -0.05) is 133 Å². The molecule has 288 valence electrons. The predicted octanol–water partition coefficient (Wildman–Crippen LogP) is 12.3. The van der Waals surface area contributed by atoms with Gasteiger partial charge in [0, 0.05) is 39.9 Å². The van der Waals surface area contributed by atoms with Gasteiger partial charge in [-0.3, -0.25) is 14.4 Å². The van der Waals surface area contributed by atoms with Crippen LogP contribution in [0.1, 0.15) is 30.2 Å². The molecular formula is C53H45N5O. The molecule has 0 spiro atoms. The molecule has 1 saturated carbocycles. The monoisotopic (exact) mass is 767 g/mol. The molecule has 6 nitrogen and oxygen atoms in total. The summed E-state index contributed by atoms with van der Waals surface area (Å²) in [6.45, 7) is 3.12. The van der Waals surface area contributed by atoms with E-state index in [0.717, 1.165) is 84.1 Å². The molecule has 1 fully saturated rings. The second-order valence-corrected chi connectivity index (χ2v) is 16.7. The Morgan fingerprint density at radius 3 is 2.24 bits per heavy atom. The average molecular weight is 768 g/mol. The Balaban J connectivity index is 1.20. The molecule has 0 radical (unpaired) electrons. The number of fused-ring (bicyclic) bond motifs is 8. The zero-order valence-electron chi connectivity index (χ0n) is 33.8. The molecule has 6 heteroatoms. The number of nitrogens with zero attached hydrogens (tertiary/aromatic N) is 5. The van der Waals surface area contributed by atoms with Crippen LogP contribution in [0.15, 0.2) is 168 Å². The summed E-state index contributed by atoms with van der Waals surface area (Å²) in [4.78, 5) is 15.4. The van der Waals surface area contributed by atoms with Crippen LogP contribution in [0.5, 0.6) is 0 Å². The first-order valence-corrected chi connectivity index (χ1v) is 20.6. The lowest BCUT2D eigenvalue weighted by atomic mass is 9.92. The summed E-state index contributed by atoms with van der Waals surface area (Å²) >= 11 is 0. The molecule has 3 atom stereocenters. The Labute approximate surface area is 344 Å².